The average Bonchev–Trinajstić information content (AvgIpc) is 2.98. The molecule has 0 saturated heterocycles. The van der Waals surface area contributed by atoms with Gasteiger partial charge < -0.3 is 4.74 Å². The van der Waals surface area contributed by atoms with Gasteiger partial charge in [0.05, 0.1) is 27.3 Å². The summed E-state index contributed by atoms with van der Waals surface area (Å²) in [6.45, 7) is 3.70. The van der Waals surface area contributed by atoms with Crippen LogP contribution in [0.2, 0.25) is 0 Å². The number of hydrogen-bond acceptors (Lipinski definition) is 6. The molecule has 0 radical (unpaired) electrons. The molecule has 26 heavy (non-hydrogen) atoms. The van der Waals surface area contributed by atoms with Gasteiger partial charge in [-0.25, -0.2) is 9.37 Å². The second-order valence-corrected chi connectivity index (χ2v) is 6.43. The van der Waals surface area contributed by atoms with E-state index in [1.165, 1.54) is 18.3 Å². The summed E-state index contributed by atoms with van der Waals surface area (Å²) in [4.78, 5) is 26.9. The molecule has 0 bridgehead atoms. The Morgan fingerprint density at radius 3 is 2.85 bits per heavy atom. The van der Waals surface area contributed by atoms with Crippen molar-refractivity contribution in [1.82, 2.24) is 4.98 Å². The predicted octanol–water partition coefficient (Wildman–Crippen LogP) is 4.30. The van der Waals surface area contributed by atoms with Crippen LogP contribution in [0, 0.1) is 22.9 Å². The number of hydrogen-bond donors (Lipinski definition) is 1. The van der Waals surface area contributed by atoms with E-state index in [-0.39, 0.29) is 11.1 Å². The maximum atomic E-state index is 13.9. The molecule has 3 rings (SSSR count). The SMILES string of the molecule is CCOc1ccc2nc(NC(=O)c3cc(F)c(C)c([N+](=O)[O-])c3)sc2c1. The van der Waals surface area contributed by atoms with Crippen LogP contribution >= 0.6 is 11.3 Å². The molecule has 1 amide bonds. The first-order chi connectivity index (χ1) is 12.4. The van der Waals surface area contributed by atoms with Gasteiger partial charge in [0.15, 0.2) is 5.13 Å². The fourth-order valence-corrected chi connectivity index (χ4v) is 3.26. The van der Waals surface area contributed by atoms with Crippen LogP contribution in [-0.4, -0.2) is 22.4 Å². The summed E-state index contributed by atoms with van der Waals surface area (Å²) in [7, 11) is 0. The second kappa shape index (κ2) is 7.04. The van der Waals surface area contributed by atoms with Crippen LogP contribution in [0.1, 0.15) is 22.8 Å². The van der Waals surface area contributed by atoms with Crippen molar-refractivity contribution < 1.29 is 18.8 Å². The quantitative estimate of drug-likeness (QED) is 0.530. The Labute approximate surface area is 151 Å². The number of ether oxygens (including phenoxy) is 1. The van der Waals surface area contributed by atoms with Crippen molar-refractivity contribution in [1.29, 1.82) is 0 Å². The Balaban J connectivity index is 1.88. The van der Waals surface area contributed by atoms with Gasteiger partial charge in [-0.05, 0) is 38.1 Å². The lowest BCUT2D eigenvalue weighted by atomic mass is 10.1. The first kappa shape index (κ1) is 17.7. The van der Waals surface area contributed by atoms with Gasteiger partial charge in [0, 0.05) is 11.6 Å². The highest BCUT2D eigenvalue weighted by Crippen LogP contribution is 2.30. The monoisotopic (exact) mass is 375 g/mol. The molecule has 0 unspecified atom stereocenters. The Hall–Kier alpha value is -3.07. The molecule has 0 fully saturated rings. The number of nitrogens with zero attached hydrogens (tertiary/aromatic N) is 2. The molecule has 1 aromatic heterocycles. The lowest BCUT2D eigenvalue weighted by Gasteiger charge is -2.04. The summed E-state index contributed by atoms with van der Waals surface area (Å²) in [6, 6.07) is 7.37. The zero-order valence-electron chi connectivity index (χ0n) is 13.9. The van der Waals surface area contributed by atoms with E-state index in [1.54, 1.807) is 12.1 Å². The molecule has 0 aliphatic carbocycles. The van der Waals surface area contributed by atoms with Crippen molar-refractivity contribution in [3.8, 4) is 5.75 Å². The van der Waals surface area contributed by atoms with E-state index in [1.807, 2.05) is 13.0 Å². The maximum Gasteiger partial charge on any atom is 0.276 e. The lowest BCUT2D eigenvalue weighted by molar-refractivity contribution is -0.385. The third-order valence-electron chi connectivity index (χ3n) is 3.67. The summed E-state index contributed by atoms with van der Waals surface area (Å²) in [5, 5.41) is 13.9. The first-order valence-electron chi connectivity index (χ1n) is 7.68. The van der Waals surface area contributed by atoms with Crippen LogP contribution in [0.5, 0.6) is 5.75 Å². The van der Waals surface area contributed by atoms with Crippen molar-refractivity contribution in [2.45, 2.75) is 13.8 Å². The Morgan fingerprint density at radius 2 is 2.15 bits per heavy atom. The van der Waals surface area contributed by atoms with Gasteiger partial charge in [-0.3, -0.25) is 20.2 Å². The highest BCUT2D eigenvalue weighted by Gasteiger charge is 2.20. The molecule has 2 aromatic carbocycles. The molecule has 134 valence electrons. The first-order valence-corrected chi connectivity index (χ1v) is 8.50. The fourth-order valence-electron chi connectivity index (χ4n) is 2.37. The lowest BCUT2D eigenvalue weighted by Crippen LogP contribution is -2.13. The second-order valence-electron chi connectivity index (χ2n) is 5.39. The van der Waals surface area contributed by atoms with Crippen LogP contribution in [0.3, 0.4) is 0 Å². The van der Waals surface area contributed by atoms with Crippen molar-refractivity contribution in [2.75, 3.05) is 11.9 Å². The van der Waals surface area contributed by atoms with Crippen LogP contribution in [0.25, 0.3) is 10.2 Å². The summed E-state index contributed by atoms with van der Waals surface area (Å²) >= 11 is 1.23. The number of anilines is 1. The van der Waals surface area contributed by atoms with E-state index >= 15 is 0 Å². The van der Waals surface area contributed by atoms with Gasteiger partial charge in [-0.1, -0.05) is 11.3 Å². The molecule has 0 saturated carbocycles. The highest BCUT2D eigenvalue weighted by atomic mass is 32.1. The van der Waals surface area contributed by atoms with Crippen LogP contribution in [0.4, 0.5) is 15.2 Å². The molecule has 0 aliphatic rings. The van der Waals surface area contributed by atoms with E-state index in [0.29, 0.717) is 23.0 Å². The number of nitrogens with one attached hydrogen (secondary N) is 1. The number of halogens is 1. The number of carbonyl (C=O) groups is 1. The number of amides is 1. The summed E-state index contributed by atoms with van der Waals surface area (Å²) in [6.07, 6.45) is 0. The number of fused-ring (bicyclic) bond motifs is 1. The van der Waals surface area contributed by atoms with Gasteiger partial charge in [-0.2, -0.15) is 0 Å². The number of nitro groups is 1. The number of rotatable bonds is 5. The smallest absolute Gasteiger partial charge is 0.276 e. The number of benzene rings is 2. The van der Waals surface area contributed by atoms with Gasteiger partial charge >= 0.3 is 0 Å². The third-order valence-corrected chi connectivity index (χ3v) is 4.60. The van der Waals surface area contributed by atoms with E-state index < -0.39 is 22.3 Å². The van der Waals surface area contributed by atoms with E-state index in [9.17, 15) is 19.3 Å². The number of thiazole rings is 1. The van der Waals surface area contributed by atoms with Gasteiger partial charge in [0.25, 0.3) is 11.6 Å². The van der Waals surface area contributed by atoms with Gasteiger partial charge in [-0.15, -0.1) is 0 Å². The highest BCUT2D eigenvalue weighted by molar-refractivity contribution is 7.22. The van der Waals surface area contributed by atoms with E-state index in [4.69, 9.17) is 4.74 Å². The maximum absolute atomic E-state index is 13.9. The predicted molar refractivity (Wildman–Crippen MR) is 96.5 cm³/mol. The molecule has 9 heteroatoms. The van der Waals surface area contributed by atoms with E-state index in [2.05, 4.69) is 10.3 Å². The van der Waals surface area contributed by atoms with E-state index in [0.717, 1.165) is 16.8 Å². The molecule has 3 aromatic rings. The molecular weight excluding hydrogens is 361 g/mol. The largest absolute Gasteiger partial charge is 0.494 e. The zero-order valence-corrected chi connectivity index (χ0v) is 14.7. The van der Waals surface area contributed by atoms with Gasteiger partial charge in [0.2, 0.25) is 0 Å². The normalized spacial score (nSPS) is 10.7. The molecular formula is C17H14FN3O4S. The minimum atomic E-state index is -0.810. The number of aromatic nitrogens is 1. The Morgan fingerprint density at radius 1 is 1.38 bits per heavy atom. The average molecular weight is 375 g/mol. The Kier molecular flexibility index (Phi) is 4.81. The van der Waals surface area contributed by atoms with Crippen molar-refractivity contribution >= 4 is 38.3 Å². The van der Waals surface area contributed by atoms with Crippen LogP contribution in [0.15, 0.2) is 30.3 Å². The molecule has 0 spiro atoms. The summed E-state index contributed by atoms with van der Waals surface area (Å²) < 4.78 is 20.1. The molecule has 0 aliphatic heterocycles. The molecule has 0 atom stereocenters. The third kappa shape index (κ3) is 3.47. The van der Waals surface area contributed by atoms with Crippen molar-refractivity contribution in [3.05, 3.63) is 57.4 Å². The summed E-state index contributed by atoms with van der Waals surface area (Å²) in [5.41, 5.74) is -0.0281. The zero-order chi connectivity index (χ0) is 18.8. The fraction of sp³-hybridized carbons (Fsp3) is 0.176. The van der Waals surface area contributed by atoms with Crippen LogP contribution in [-0.2, 0) is 0 Å². The minimum absolute atomic E-state index is 0.116. The molecule has 7 nitrogen and oxygen atoms in total. The molecule has 1 heterocycles. The number of nitro benzene ring substituents is 1. The summed E-state index contributed by atoms with van der Waals surface area (Å²) in [5.74, 6) is -0.788. The topological polar surface area (TPSA) is 94.4 Å². The van der Waals surface area contributed by atoms with Crippen LogP contribution < -0.4 is 10.1 Å². The number of carbonyl (C=O) groups excluding carboxylic acids is 1. The Bertz CT molecular complexity index is 1020. The van der Waals surface area contributed by atoms with Gasteiger partial charge in [0.1, 0.15) is 11.6 Å². The van der Waals surface area contributed by atoms with Crippen molar-refractivity contribution in [3.63, 3.8) is 0 Å². The van der Waals surface area contributed by atoms with Crippen molar-refractivity contribution in [2.24, 2.45) is 0 Å². The standard InChI is InChI=1S/C17H14FN3O4S/c1-3-25-11-4-5-13-15(8-11)26-17(19-13)20-16(22)10-6-12(18)9(2)14(7-10)21(23)24/h4-8H,3H2,1-2H3,(H,19,20,22). The molecule has 1 N–H and O–H groups in total. The minimum Gasteiger partial charge on any atom is -0.494 e.